The molecule has 3 rings (SSSR count). The Bertz CT molecular complexity index is 834. The predicted octanol–water partition coefficient (Wildman–Crippen LogP) is 2.66. The summed E-state index contributed by atoms with van der Waals surface area (Å²) in [6.07, 6.45) is 1.70. The molecule has 2 N–H and O–H groups in total. The molecular formula is C16H14FN3O2S. The fourth-order valence-corrected chi connectivity index (χ4v) is 3.18. The minimum Gasteiger partial charge on any atom is -0.310 e. The zero-order valence-electron chi connectivity index (χ0n) is 12.1. The van der Waals surface area contributed by atoms with Gasteiger partial charge in [-0.05, 0) is 11.6 Å². The summed E-state index contributed by atoms with van der Waals surface area (Å²) in [5.74, 6) is -0.600. The van der Waals surface area contributed by atoms with Gasteiger partial charge in [0, 0.05) is 18.1 Å². The smallest absolute Gasteiger partial charge is 0.257 e. The maximum absolute atomic E-state index is 14.1. The number of H-pyrrole nitrogens is 1. The molecule has 7 heteroatoms. The van der Waals surface area contributed by atoms with E-state index in [1.807, 2.05) is 0 Å². The molecule has 5 nitrogen and oxygen atoms in total. The molecule has 1 aliphatic rings. The van der Waals surface area contributed by atoms with Crippen LogP contribution in [0.4, 0.5) is 10.2 Å². The summed E-state index contributed by atoms with van der Waals surface area (Å²) in [6, 6.07) is 6.15. The van der Waals surface area contributed by atoms with E-state index < -0.39 is 11.7 Å². The number of nitrogens with one attached hydrogen (secondary N) is 2. The summed E-state index contributed by atoms with van der Waals surface area (Å²) in [5, 5.41) is 3.00. The molecule has 1 aliphatic heterocycles. The molecule has 118 valence electrons. The normalized spacial score (nSPS) is 16.6. The third-order valence-corrected chi connectivity index (χ3v) is 4.42. The molecule has 0 fully saturated rings. The van der Waals surface area contributed by atoms with E-state index in [0.717, 1.165) is 0 Å². The Morgan fingerprint density at radius 2 is 2.17 bits per heavy atom. The fourth-order valence-electron chi connectivity index (χ4n) is 2.58. The van der Waals surface area contributed by atoms with Crippen molar-refractivity contribution < 1.29 is 9.18 Å². The van der Waals surface area contributed by atoms with Crippen molar-refractivity contribution in [1.82, 2.24) is 9.97 Å². The monoisotopic (exact) mass is 331 g/mol. The number of amides is 1. The molecule has 2 heterocycles. The molecular weight excluding hydrogens is 317 g/mol. The van der Waals surface area contributed by atoms with Crippen molar-refractivity contribution in [3.05, 3.63) is 64.2 Å². The number of anilines is 1. The van der Waals surface area contributed by atoms with Crippen molar-refractivity contribution in [2.45, 2.75) is 17.5 Å². The molecule has 2 aromatic rings. The molecule has 1 aromatic heterocycles. The van der Waals surface area contributed by atoms with Gasteiger partial charge in [-0.15, -0.1) is 6.58 Å². The minimum absolute atomic E-state index is 0.0117. The molecule has 0 aliphatic carbocycles. The van der Waals surface area contributed by atoms with Gasteiger partial charge in [0.1, 0.15) is 11.6 Å². The second-order valence-corrected chi connectivity index (χ2v) is 6.07. The molecule has 0 saturated heterocycles. The quantitative estimate of drug-likeness (QED) is 0.513. The summed E-state index contributed by atoms with van der Waals surface area (Å²) in [6.45, 7) is 3.61. The largest absolute Gasteiger partial charge is 0.310 e. The molecule has 23 heavy (non-hydrogen) atoms. The third kappa shape index (κ3) is 3.05. The Labute approximate surface area is 136 Å². The van der Waals surface area contributed by atoms with Crippen LogP contribution in [0.15, 0.2) is 46.9 Å². The van der Waals surface area contributed by atoms with Crippen molar-refractivity contribution in [3.63, 3.8) is 0 Å². The molecule has 1 atom stereocenters. The van der Waals surface area contributed by atoms with Crippen LogP contribution in [0.3, 0.4) is 0 Å². The lowest BCUT2D eigenvalue weighted by Gasteiger charge is -2.24. The van der Waals surface area contributed by atoms with E-state index in [2.05, 4.69) is 21.9 Å². The van der Waals surface area contributed by atoms with Gasteiger partial charge >= 0.3 is 0 Å². The summed E-state index contributed by atoms with van der Waals surface area (Å²) < 4.78 is 14.1. The van der Waals surface area contributed by atoms with Crippen molar-refractivity contribution >= 4 is 23.5 Å². The first-order valence-electron chi connectivity index (χ1n) is 7.02. The van der Waals surface area contributed by atoms with Crippen LogP contribution in [0, 0.1) is 5.82 Å². The highest BCUT2D eigenvalue weighted by atomic mass is 32.2. The van der Waals surface area contributed by atoms with E-state index in [4.69, 9.17) is 0 Å². The van der Waals surface area contributed by atoms with Gasteiger partial charge < -0.3 is 10.3 Å². The second kappa shape index (κ2) is 6.37. The van der Waals surface area contributed by atoms with Gasteiger partial charge in [-0.3, -0.25) is 9.59 Å². The van der Waals surface area contributed by atoms with Crippen LogP contribution < -0.4 is 10.9 Å². The van der Waals surface area contributed by atoms with Crippen LogP contribution in [-0.2, 0) is 4.79 Å². The lowest BCUT2D eigenvalue weighted by atomic mass is 9.86. The zero-order valence-corrected chi connectivity index (χ0v) is 13.0. The van der Waals surface area contributed by atoms with Crippen LogP contribution in [0.2, 0.25) is 0 Å². The summed E-state index contributed by atoms with van der Waals surface area (Å²) in [5.41, 5.74) is 0.245. The standard InChI is InChI=1S/C16H14FN3O2S/c1-2-7-23-16-19-14-13(15(22)20-16)10(8-12(21)18-14)9-5-3-4-6-11(9)17/h2-6,10H,1,7-8H2,(H2,18,19,20,21,22)/t10-/m0/s1. The van der Waals surface area contributed by atoms with Crippen molar-refractivity contribution in [2.24, 2.45) is 0 Å². The lowest BCUT2D eigenvalue weighted by molar-refractivity contribution is -0.116. The Kier molecular flexibility index (Phi) is 4.29. The van der Waals surface area contributed by atoms with E-state index in [9.17, 15) is 14.0 Å². The highest BCUT2D eigenvalue weighted by Gasteiger charge is 2.32. The van der Waals surface area contributed by atoms with E-state index in [-0.39, 0.29) is 29.3 Å². The first kappa shape index (κ1) is 15.5. The highest BCUT2D eigenvalue weighted by Crippen LogP contribution is 2.35. The number of aromatic amines is 1. The Morgan fingerprint density at radius 3 is 2.91 bits per heavy atom. The summed E-state index contributed by atoms with van der Waals surface area (Å²) in [4.78, 5) is 31.3. The van der Waals surface area contributed by atoms with Crippen molar-refractivity contribution in [1.29, 1.82) is 0 Å². The SMILES string of the molecule is C=CCSc1nc2c(c(=O)[nH]1)[C@H](c1ccccc1F)CC(=O)N2. The molecule has 0 radical (unpaired) electrons. The Hall–Kier alpha value is -2.41. The minimum atomic E-state index is -0.644. The number of hydrogen-bond acceptors (Lipinski definition) is 4. The number of hydrogen-bond donors (Lipinski definition) is 2. The third-order valence-electron chi connectivity index (χ3n) is 3.55. The maximum atomic E-state index is 14.1. The van der Waals surface area contributed by atoms with Crippen molar-refractivity contribution in [2.75, 3.05) is 11.1 Å². The molecule has 0 spiro atoms. The fraction of sp³-hybridized carbons (Fsp3) is 0.188. The number of fused-ring (bicyclic) bond motifs is 1. The van der Waals surface area contributed by atoms with Crippen LogP contribution in [0.5, 0.6) is 0 Å². The average Bonchev–Trinajstić information content (AvgIpc) is 2.52. The topological polar surface area (TPSA) is 74.8 Å². The number of carbonyl (C=O) groups excluding carboxylic acids is 1. The molecule has 0 saturated carbocycles. The number of nitrogens with zero attached hydrogens (tertiary/aromatic N) is 1. The highest BCUT2D eigenvalue weighted by molar-refractivity contribution is 7.99. The van der Waals surface area contributed by atoms with E-state index in [1.165, 1.54) is 17.8 Å². The van der Waals surface area contributed by atoms with E-state index in [1.54, 1.807) is 24.3 Å². The first-order valence-corrected chi connectivity index (χ1v) is 8.01. The number of halogens is 1. The summed E-state index contributed by atoms with van der Waals surface area (Å²) in [7, 11) is 0. The average molecular weight is 331 g/mol. The number of benzene rings is 1. The maximum Gasteiger partial charge on any atom is 0.257 e. The van der Waals surface area contributed by atoms with E-state index >= 15 is 0 Å². The lowest BCUT2D eigenvalue weighted by Crippen LogP contribution is -2.31. The molecule has 0 bridgehead atoms. The Balaban J connectivity index is 2.11. The molecule has 1 aromatic carbocycles. The zero-order chi connectivity index (χ0) is 16.4. The van der Waals surface area contributed by atoms with Gasteiger partial charge in [0.05, 0.1) is 5.56 Å². The second-order valence-electron chi connectivity index (χ2n) is 5.06. The number of thioether (sulfide) groups is 1. The van der Waals surface area contributed by atoms with Crippen molar-refractivity contribution in [3.8, 4) is 0 Å². The predicted molar refractivity (Wildman–Crippen MR) is 87.3 cm³/mol. The van der Waals surface area contributed by atoms with Gasteiger partial charge in [0.2, 0.25) is 5.91 Å². The van der Waals surface area contributed by atoms with Gasteiger partial charge in [0.15, 0.2) is 5.16 Å². The van der Waals surface area contributed by atoms with Gasteiger partial charge in [-0.2, -0.15) is 0 Å². The van der Waals surface area contributed by atoms with Crippen LogP contribution >= 0.6 is 11.8 Å². The first-order chi connectivity index (χ1) is 11.1. The van der Waals surface area contributed by atoms with Gasteiger partial charge in [-0.25, -0.2) is 9.37 Å². The number of carbonyl (C=O) groups is 1. The summed E-state index contributed by atoms with van der Waals surface area (Å²) >= 11 is 1.30. The number of aromatic nitrogens is 2. The van der Waals surface area contributed by atoms with E-state index in [0.29, 0.717) is 16.5 Å². The van der Waals surface area contributed by atoms with Crippen LogP contribution in [0.25, 0.3) is 0 Å². The van der Waals surface area contributed by atoms with Gasteiger partial charge in [0.25, 0.3) is 5.56 Å². The van der Waals surface area contributed by atoms with Gasteiger partial charge in [-0.1, -0.05) is 36.0 Å². The molecule has 0 unspecified atom stereocenters. The van der Waals surface area contributed by atoms with Crippen LogP contribution in [-0.4, -0.2) is 21.6 Å². The number of rotatable bonds is 4. The molecule has 1 amide bonds. The Morgan fingerprint density at radius 1 is 1.39 bits per heavy atom. The van der Waals surface area contributed by atoms with Crippen LogP contribution in [0.1, 0.15) is 23.5 Å².